The van der Waals surface area contributed by atoms with E-state index in [9.17, 15) is 14.6 Å². The molecule has 182 valence electrons. The maximum Gasteiger partial charge on any atom is 0.492 e. The predicted octanol–water partition coefficient (Wildman–Crippen LogP) is 2.30. The van der Waals surface area contributed by atoms with Gasteiger partial charge in [-0.05, 0) is 42.1 Å². The van der Waals surface area contributed by atoms with E-state index in [4.69, 9.17) is 10.4 Å². The van der Waals surface area contributed by atoms with Crippen LogP contribution in [0.1, 0.15) is 60.7 Å². The number of hydrogen-bond acceptors (Lipinski definition) is 6. The fourth-order valence-corrected chi connectivity index (χ4v) is 4.50. The van der Waals surface area contributed by atoms with E-state index in [-0.39, 0.29) is 24.8 Å². The Morgan fingerprint density at radius 2 is 1.94 bits per heavy atom. The number of amides is 2. The van der Waals surface area contributed by atoms with Crippen LogP contribution in [0.5, 0.6) is 0 Å². The van der Waals surface area contributed by atoms with Crippen molar-refractivity contribution in [1.82, 2.24) is 10.2 Å². The Bertz CT molecular complexity index is 1170. The Hall–Kier alpha value is -3.43. The van der Waals surface area contributed by atoms with E-state index >= 15 is 0 Å². The molecule has 0 aromatic heterocycles. The Morgan fingerprint density at radius 1 is 1.20 bits per heavy atom. The molecule has 0 saturated heterocycles. The number of nitrogens with two attached hydrogens (primary N) is 1. The number of nitrogens with one attached hydrogen (secondary N) is 1. The molecule has 0 saturated carbocycles. The van der Waals surface area contributed by atoms with Crippen LogP contribution in [0.2, 0.25) is 0 Å². The molecular formula is C26H31BN4O4. The molecule has 2 aromatic rings. The van der Waals surface area contributed by atoms with Gasteiger partial charge in [0.05, 0.1) is 11.8 Å². The first-order valence-electron chi connectivity index (χ1n) is 12.1. The molecule has 1 atom stereocenters. The molecule has 9 heteroatoms. The van der Waals surface area contributed by atoms with Gasteiger partial charge in [-0.2, -0.15) is 0 Å². The molecule has 2 aromatic carbocycles. The van der Waals surface area contributed by atoms with Crippen LogP contribution >= 0.6 is 0 Å². The Kier molecular flexibility index (Phi) is 7.68. The number of aliphatic imine (C=N–C) groups is 1. The van der Waals surface area contributed by atoms with Crippen LogP contribution in [-0.2, 0) is 9.45 Å². The first-order valence-corrected chi connectivity index (χ1v) is 12.1. The van der Waals surface area contributed by atoms with Gasteiger partial charge in [0.2, 0.25) is 5.91 Å². The third-order valence-corrected chi connectivity index (χ3v) is 6.16. The van der Waals surface area contributed by atoms with E-state index in [1.807, 2.05) is 35.2 Å². The first-order chi connectivity index (χ1) is 16.9. The summed E-state index contributed by atoms with van der Waals surface area (Å²) in [6.45, 7) is 5.71. The number of benzene rings is 2. The summed E-state index contributed by atoms with van der Waals surface area (Å²) in [6.07, 6.45) is 3.43. The lowest BCUT2D eigenvalue weighted by molar-refractivity contribution is -0.127. The van der Waals surface area contributed by atoms with Gasteiger partial charge in [-0.1, -0.05) is 44.2 Å². The fraction of sp³-hybridized carbons (Fsp3) is 0.346. The summed E-state index contributed by atoms with van der Waals surface area (Å²) in [5.74, 6) is 0.0185. The summed E-state index contributed by atoms with van der Waals surface area (Å²) in [4.78, 5) is 32.3. The highest BCUT2D eigenvalue weighted by Crippen LogP contribution is 2.29. The van der Waals surface area contributed by atoms with Crippen molar-refractivity contribution in [2.45, 2.75) is 39.2 Å². The van der Waals surface area contributed by atoms with E-state index in [1.165, 1.54) is 0 Å². The first kappa shape index (κ1) is 24.7. The number of carbonyl (C=O) groups is 2. The number of amidine groups is 1. The van der Waals surface area contributed by atoms with Crippen molar-refractivity contribution in [3.63, 3.8) is 0 Å². The van der Waals surface area contributed by atoms with Crippen LogP contribution in [0.3, 0.4) is 0 Å². The summed E-state index contributed by atoms with van der Waals surface area (Å²) in [6, 6.07) is 12.6. The minimum Gasteiger partial charge on any atom is -0.423 e. The summed E-state index contributed by atoms with van der Waals surface area (Å²) in [5.41, 5.74) is 10.0. The number of hydrogen-bond donors (Lipinski definition) is 3. The van der Waals surface area contributed by atoms with Gasteiger partial charge in [-0.25, -0.2) is 4.99 Å². The van der Waals surface area contributed by atoms with Crippen molar-refractivity contribution in [3.05, 3.63) is 64.7 Å². The minimum atomic E-state index is -0.993. The second-order valence-corrected chi connectivity index (χ2v) is 8.83. The second-order valence-electron chi connectivity index (χ2n) is 8.83. The number of carbonyl (C=O) groups excluding carboxylic acids is 2. The van der Waals surface area contributed by atoms with E-state index in [1.54, 1.807) is 18.2 Å². The maximum absolute atomic E-state index is 13.1. The van der Waals surface area contributed by atoms with Crippen molar-refractivity contribution >= 4 is 42.0 Å². The molecule has 0 bridgehead atoms. The molecule has 0 radical (unpaired) electrons. The smallest absolute Gasteiger partial charge is 0.423 e. The highest BCUT2D eigenvalue weighted by atomic mass is 16.5. The van der Waals surface area contributed by atoms with E-state index < -0.39 is 13.2 Å². The minimum absolute atomic E-state index is 0.0273. The van der Waals surface area contributed by atoms with Crippen molar-refractivity contribution in [3.8, 4) is 0 Å². The van der Waals surface area contributed by atoms with Gasteiger partial charge in [0, 0.05) is 42.8 Å². The van der Waals surface area contributed by atoms with Crippen LogP contribution in [0.15, 0.2) is 53.0 Å². The van der Waals surface area contributed by atoms with Crippen LogP contribution in [-0.4, -0.2) is 54.3 Å². The molecule has 0 spiro atoms. The molecule has 35 heavy (non-hydrogen) atoms. The molecule has 0 aliphatic carbocycles. The number of nitrogens with zero attached hydrogens (tertiary/aromatic N) is 2. The highest BCUT2D eigenvalue weighted by molar-refractivity contribution is 6.61. The lowest BCUT2D eigenvalue weighted by Gasteiger charge is -2.22. The third-order valence-electron chi connectivity index (χ3n) is 6.16. The van der Waals surface area contributed by atoms with Crippen LogP contribution in [0, 0.1) is 0 Å². The maximum atomic E-state index is 13.1. The topological polar surface area (TPSA) is 117 Å². The largest absolute Gasteiger partial charge is 0.492 e. The van der Waals surface area contributed by atoms with Gasteiger partial charge in [-0.3, -0.25) is 9.59 Å². The van der Waals surface area contributed by atoms with Gasteiger partial charge < -0.3 is 25.6 Å². The van der Waals surface area contributed by atoms with E-state index in [0.717, 1.165) is 29.4 Å². The Labute approximate surface area is 206 Å². The van der Waals surface area contributed by atoms with Gasteiger partial charge in [-0.15, -0.1) is 0 Å². The van der Waals surface area contributed by atoms with Gasteiger partial charge in [0.1, 0.15) is 5.84 Å². The molecule has 2 aliphatic heterocycles. The lowest BCUT2D eigenvalue weighted by atomic mass is 9.79. The molecular weight excluding hydrogens is 443 g/mol. The molecule has 4 rings (SSSR count). The fourth-order valence-electron chi connectivity index (χ4n) is 4.50. The summed E-state index contributed by atoms with van der Waals surface area (Å²) in [7, 11) is -0.993. The quantitative estimate of drug-likeness (QED) is 0.508. The molecule has 2 aliphatic rings. The van der Waals surface area contributed by atoms with E-state index in [0.29, 0.717) is 35.7 Å². The summed E-state index contributed by atoms with van der Waals surface area (Å²) >= 11 is 0. The normalized spacial score (nSPS) is 16.5. The molecule has 2 amide bonds. The van der Waals surface area contributed by atoms with Gasteiger partial charge in [0.15, 0.2) is 0 Å². The number of rotatable bonds is 8. The number of fused-ring (bicyclic) bond motifs is 2. The van der Waals surface area contributed by atoms with Crippen molar-refractivity contribution < 1.29 is 19.3 Å². The van der Waals surface area contributed by atoms with Crippen LogP contribution < -0.4 is 16.5 Å². The van der Waals surface area contributed by atoms with Gasteiger partial charge in [0.25, 0.3) is 5.91 Å². The lowest BCUT2D eigenvalue weighted by Crippen LogP contribution is -2.34. The van der Waals surface area contributed by atoms with Crippen molar-refractivity contribution in [2.24, 2.45) is 10.7 Å². The monoisotopic (exact) mass is 474 g/mol. The van der Waals surface area contributed by atoms with Crippen molar-refractivity contribution in [1.29, 1.82) is 0 Å². The Balaban J connectivity index is 1.50. The zero-order valence-electron chi connectivity index (χ0n) is 20.2. The average molecular weight is 474 g/mol. The van der Waals surface area contributed by atoms with Crippen LogP contribution in [0.4, 0.5) is 5.69 Å². The SMILES string of the molecule is CCCN(CCC)C(=O)C1=Cc2ccc(C(=O)NCC3OB(O)c4ccccc43)cc2N=C(N)C1. The molecule has 8 nitrogen and oxygen atoms in total. The summed E-state index contributed by atoms with van der Waals surface area (Å²) in [5, 5.41) is 13.0. The molecule has 0 fully saturated rings. The van der Waals surface area contributed by atoms with E-state index in [2.05, 4.69) is 24.2 Å². The van der Waals surface area contributed by atoms with Crippen molar-refractivity contribution in [2.75, 3.05) is 19.6 Å². The summed E-state index contributed by atoms with van der Waals surface area (Å²) < 4.78 is 5.59. The molecule has 4 N–H and O–H groups in total. The zero-order chi connectivity index (χ0) is 24.9. The highest BCUT2D eigenvalue weighted by Gasteiger charge is 2.34. The zero-order valence-corrected chi connectivity index (χ0v) is 20.2. The predicted molar refractivity (Wildman–Crippen MR) is 138 cm³/mol. The molecule has 1 unspecified atom stereocenters. The Morgan fingerprint density at radius 3 is 2.69 bits per heavy atom. The van der Waals surface area contributed by atoms with Gasteiger partial charge >= 0.3 is 7.12 Å². The standard InChI is InChI=1S/C26H31BN4O4/c1-3-11-31(12-4-2)26(33)19-13-17-9-10-18(14-22(17)30-24(28)15-19)25(32)29-16-23-20-7-5-6-8-21(20)27(34)35-23/h5-10,13-14,23,34H,3-4,11-12,15-16H2,1-2H3,(H2,28,30)(H,29,32). The van der Waals surface area contributed by atoms with Crippen LogP contribution in [0.25, 0.3) is 6.08 Å². The second kappa shape index (κ2) is 10.9. The average Bonchev–Trinajstić information content (AvgIpc) is 3.07. The molecule has 2 heterocycles. The third kappa shape index (κ3) is 5.47.